The number of hydrogen-bond donors (Lipinski definition) is 3. The summed E-state index contributed by atoms with van der Waals surface area (Å²) in [5.74, 6) is -1.82. The van der Waals surface area contributed by atoms with Gasteiger partial charge in [0.1, 0.15) is 23.0 Å². The van der Waals surface area contributed by atoms with E-state index in [0.717, 1.165) is 50.0 Å². The van der Waals surface area contributed by atoms with Crippen molar-refractivity contribution in [3.8, 4) is 0 Å². The fraction of sp³-hybridized carbons (Fsp3) is 0.346. The van der Waals surface area contributed by atoms with Gasteiger partial charge in [0.15, 0.2) is 0 Å². The molecule has 35 heavy (non-hydrogen) atoms. The monoisotopic (exact) mass is 479 g/mol. The maximum absolute atomic E-state index is 13.0. The molecule has 182 valence electrons. The number of nitrogens with zero attached hydrogens (tertiary/aromatic N) is 1. The predicted octanol–water partition coefficient (Wildman–Crippen LogP) is 2.04. The minimum Gasteiger partial charge on any atom is -0.422 e. The van der Waals surface area contributed by atoms with Crippen molar-refractivity contribution in [2.75, 3.05) is 24.6 Å². The zero-order valence-corrected chi connectivity index (χ0v) is 19.1. The van der Waals surface area contributed by atoms with Crippen LogP contribution in [-0.4, -0.2) is 42.7 Å². The van der Waals surface area contributed by atoms with Gasteiger partial charge in [-0.3, -0.25) is 9.59 Å². The average Bonchev–Trinajstić information content (AvgIpc) is 2.87. The zero-order valence-electron chi connectivity index (χ0n) is 19.1. The Morgan fingerprint density at radius 3 is 2.60 bits per heavy atom. The lowest BCUT2D eigenvalue weighted by molar-refractivity contribution is -0.124. The fourth-order valence-electron chi connectivity index (χ4n) is 4.95. The smallest absolute Gasteiger partial charge is 0.349 e. The van der Waals surface area contributed by atoms with Crippen LogP contribution in [0, 0.1) is 5.82 Å². The van der Waals surface area contributed by atoms with Crippen molar-refractivity contribution >= 4 is 28.5 Å². The highest BCUT2D eigenvalue weighted by molar-refractivity contribution is 6.00. The van der Waals surface area contributed by atoms with Crippen molar-refractivity contribution in [2.24, 2.45) is 0 Å². The molecule has 0 aliphatic carbocycles. The molecule has 3 heterocycles. The first-order chi connectivity index (χ1) is 16.9. The summed E-state index contributed by atoms with van der Waals surface area (Å²) < 4.78 is 18.7. The molecule has 5 rings (SSSR count). The lowest BCUT2D eigenvalue weighted by Crippen LogP contribution is -2.49. The second-order valence-electron chi connectivity index (χ2n) is 8.98. The molecule has 1 aromatic heterocycles. The van der Waals surface area contributed by atoms with Gasteiger partial charge in [-0.25, -0.2) is 9.18 Å². The molecular weight excluding hydrogens is 453 g/mol. The number of nitrogens with one attached hydrogen (secondary N) is 2. The number of aryl methyl sites for hydroxylation is 2. The summed E-state index contributed by atoms with van der Waals surface area (Å²) in [5, 5.41) is 15.3. The van der Waals surface area contributed by atoms with E-state index in [9.17, 15) is 23.9 Å². The third-order valence-electron chi connectivity index (χ3n) is 6.64. The van der Waals surface area contributed by atoms with Crippen LogP contribution < -0.4 is 21.2 Å². The van der Waals surface area contributed by atoms with Crippen molar-refractivity contribution in [3.63, 3.8) is 0 Å². The van der Waals surface area contributed by atoms with Crippen LogP contribution in [0.3, 0.4) is 0 Å². The third kappa shape index (κ3) is 4.51. The van der Waals surface area contributed by atoms with E-state index < -0.39 is 35.9 Å². The Labute approximate surface area is 200 Å². The van der Waals surface area contributed by atoms with Crippen molar-refractivity contribution in [2.45, 2.75) is 38.3 Å². The molecule has 2 aliphatic heterocycles. The van der Waals surface area contributed by atoms with E-state index in [1.54, 1.807) is 0 Å². The lowest BCUT2D eigenvalue weighted by atomic mass is 9.90. The number of carbonyl (C=O) groups excluding carboxylic acids is 2. The number of amides is 2. The Morgan fingerprint density at radius 1 is 1.11 bits per heavy atom. The minimum absolute atomic E-state index is 0.0918. The Morgan fingerprint density at radius 2 is 1.86 bits per heavy atom. The van der Waals surface area contributed by atoms with Crippen molar-refractivity contribution < 1.29 is 23.5 Å². The number of halogens is 1. The van der Waals surface area contributed by atoms with Crippen LogP contribution in [0.25, 0.3) is 11.0 Å². The standard InChI is InChI=1S/C26H26FN3O5/c27-18-7-5-15(6-8-18)13-28-25(33)21(14-31)29-24(32)20-12-17-11-16-3-1-9-30-10-2-4-19(22(16)30)23(17)35-26(20)34/h5-8,11-12,21,31H,1-4,9-10,13-14H2,(H,28,33)(H,29,32)/t21-/m0/s1. The second kappa shape index (κ2) is 9.50. The summed E-state index contributed by atoms with van der Waals surface area (Å²) in [7, 11) is 0. The molecule has 1 atom stereocenters. The molecule has 9 heteroatoms. The van der Waals surface area contributed by atoms with Crippen LogP contribution >= 0.6 is 0 Å². The van der Waals surface area contributed by atoms with Crippen molar-refractivity contribution in [3.05, 3.63) is 74.9 Å². The van der Waals surface area contributed by atoms with Gasteiger partial charge in [0.05, 0.1) is 6.61 Å². The van der Waals surface area contributed by atoms with Crippen LogP contribution in [0.4, 0.5) is 10.1 Å². The lowest BCUT2D eigenvalue weighted by Gasteiger charge is -2.37. The molecule has 2 aliphatic rings. The average molecular weight is 480 g/mol. The van der Waals surface area contributed by atoms with Gasteiger partial charge in [0, 0.05) is 36.3 Å². The summed E-state index contributed by atoms with van der Waals surface area (Å²) in [6.07, 6.45) is 3.76. The van der Waals surface area contributed by atoms with Crippen LogP contribution in [0.2, 0.25) is 0 Å². The summed E-state index contributed by atoms with van der Waals surface area (Å²) in [4.78, 5) is 40.5. The van der Waals surface area contributed by atoms with Gasteiger partial charge in [-0.1, -0.05) is 12.1 Å². The molecule has 2 aromatic carbocycles. The first-order valence-corrected chi connectivity index (χ1v) is 11.8. The van der Waals surface area contributed by atoms with Gasteiger partial charge < -0.3 is 25.1 Å². The molecule has 0 bridgehead atoms. The maximum Gasteiger partial charge on any atom is 0.349 e. The van der Waals surface area contributed by atoms with Crippen LogP contribution in [0.5, 0.6) is 0 Å². The highest BCUT2D eigenvalue weighted by Gasteiger charge is 2.28. The predicted molar refractivity (Wildman–Crippen MR) is 128 cm³/mol. The number of fused-ring (bicyclic) bond motifs is 2. The molecule has 3 aromatic rings. The van der Waals surface area contributed by atoms with E-state index in [1.165, 1.54) is 35.9 Å². The fourth-order valence-corrected chi connectivity index (χ4v) is 4.95. The molecule has 0 spiro atoms. The molecular formula is C26H26FN3O5. The van der Waals surface area contributed by atoms with Crippen molar-refractivity contribution in [1.82, 2.24) is 10.6 Å². The molecule has 0 fully saturated rings. The summed E-state index contributed by atoms with van der Waals surface area (Å²) in [5.41, 5.74) is 3.51. The van der Waals surface area contributed by atoms with Crippen LogP contribution in [-0.2, 0) is 24.2 Å². The minimum atomic E-state index is -1.27. The van der Waals surface area contributed by atoms with Crippen molar-refractivity contribution in [1.29, 1.82) is 0 Å². The third-order valence-corrected chi connectivity index (χ3v) is 6.64. The number of anilines is 1. The SMILES string of the molecule is O=C(N[C@@H](CO)C(=O)NCc1ccc(F)cc1)c1cc2cc3c4c(c2oc1=O)CCCN4CCC3. The number of carbonyl (C=O) groups is 2. The Hall–Kier alpha value is -3.72. The van der Waals surface area contributed by atoms with E-state index in [4.69, 9.17) is 4.42 Å². The van der Waals surface area contributed by atoms with Crippen LogP contribution in [0.1, 0.15) is 39.9 Å². The van der Waals surface area contributed by atoms with Crippen LogP contribution in [0.15, 0.2) is 45.6 Å². The number of benzene rings is 2. The van der Waals surface area contributed by atoms with Gasteiger partial charge in [-0.05, 0) is 61.1 Å². The van der Waals surface area contributed by atoms with E-state index in [2.05, 4.69) is 15.5 Å². The summed E-state index contributed by atoms with van der Waals surface area (Å²) in [6, 6.07) is 7.80. The largest absolute Gasteiger partial charge is 0.422 e. The Balaban J connectivity index is 1.36. The van der Waals surface area contributed by atoms with E-state index in [1.807, 2.05) is 6.07 Å². The van der Waals surface area contributed by atoms with Gasteiger partial charge in [-0.2, -0.15) is 0 Å². The Kier molecular flexibility index (Phi) is 6.25. The quantitative estimate of drug-likeness (QED) is 0.467. The van der Waals surface area contributed by atoms with Gasteiger partial charge in [-0.15, -0.1) is 0 Å². The number of hydrogen-bond acceptors (Lipinski definition) is 6. The molecule has 0 saturated heterocycles. The molecule has 2 amide bonds. The van der Waals surface area contributed by atoms with Gasteiger partial charge in [0.2, 0.25) is 5.91 Å². The second-order valence-corrected chi connectivity index (χ2v) is 8.98. The molecule has 0 saturated carbocycles. The van der Waals surface area contributed by atoms with Gasteiger partial charge in [0.25, 0.3) is 5.91 Å². The Bertz CT molecular complexity index is 1350. The summed E-state index contributed by atoms with van der Waals surface area (Å²) >= 11 is 0. The van der Waals surface area contributed by atoms with E-state index in [0.29, 0.717) is 16.5 Å². The molecule has 8 nitrogen and oxygen atoms in total. The first kappa shape index (κ1) is 23.0. The highest BCUT2D eigenvalue weighted by atomic mass is 19.1. The van der Waals surface area contributed by atoms with E-state index in [-0.39, 0.29) is 12.1 Å². The normalized spacial score (nSPS) is 15.4. The number of rotatable bonds is 6. The number of aliphatic hydroxyl groups excluding tert-OH is 1. The molecule has 0 unspecified atom stereocenters. The maximum atomic E-state index is 13.0. The molecule has 0 radical (unpaired) electrons. The van der Waals surface area contributed by atoms with E-state index >= 15 is 0 Å². The van der Waals surface area contributed by atoms with Gasteiger partial charge >= 0.3 is 5.63 Å². The number of aliphatic hydroxyl groups is 1. The highest BCUT2D eigenvalue weighted by Crippen LogP contribution is 2.39. The topological polar surface area (TPSA) is 112 Å². The first-order valence-electron chi connectivity index (χ1n) is 11.8. The molecule has 3 N–H and O–H groups in total. The summed E-state index contributed by atoms with van der Waals surface area (Å²) in [6.45, 7) is 1.41. The zero-order chi connectivity index (χ0) is 24.5.